The van der Waals surface area contributed by atoms with E-state index in [0.29, 0.717) is 12.4 Å². The lowest BCUT2D eigenvalue weighted by Gasteiger charge is -2.53. The standard InChI is InChI=1S/C18H17NO5/c1-9-3-5-10(6-4-9)8-23-11-7-12(20)24-15-13(11)14-16(21)19-17(22)18(14,15)2/h3-7,13-15H,8H2,1-2H3,(H,19,21,22)/t13-,14-,15-,18+/m0/s1. The second-order valence-electron chi connectivity index (χ2n) is 6.78. The Balaban J connectivity index is 1.57. The Kier molecular flexibility index (Phi) is 3.07. The molecule has 2 fully saturated rings. The van der Waals surface area contributed by atoms with Crippen LogP contribution in [0.25, 0.3) is 0 Å². The molecule has 124 valence electrons. The number of fused-ring (bicyclic) bond motifs is 4. The number of aryl methyl sites for hydroxylation is 1. The van der Waals surface area contributed by atoms with Gasteiger partial charge in [0.2, 0.25) is 11.8 Å². The van der Waals surface area contributed by atoms with Crippen molar-refractivity contribution in [2.45, 2.75) is 26.6 Å². The van der Waals surface area contributed by atoms with Gasteiger partial charge in [-0.25, -0.2) is 4.79 Å². The van der Waals surface area contributed by atoms with Gasteiger partial charge < -0.3 is 9.47 Å². The van der Waals surface area contributed by atoms with E-state index in [1.807, 2.05) is 31.2 Å². The summed E-state index contributed by atoms with van der Waals surface area (Å²) in [5, 5.41) is 2.34. The number of carbonyl (C=O) groups is 3. The van der Waals surface area contributed by atoms with Crippen LogP contribution in [0.1, 0.15) is 18.1 Å². The summed E-state index contributed by atoms with van der Waals surface area (Å²) in [7, 11) is 0. The molecule has 0 aromatic heterocycles. The minimum Gasteiger partial charge on any atom is -0.493 e. The van der Waals surface area contributed by atoms with Crippen molar-refractivity contribution in [2.24, 2.45) is 17.3 Å². The normalized spacial score (nSPS) is 33.7. The fraction of sp³-hybridized carbons (Fsp3) is 0.389. The average molecular weight is 327 g/mol. The summed E-state index contributed by atoms with van der Waals surface area (Å²) in [5.41, 5.74) is 1.12. The molecule has 0 unspecified atom stereocenters. The molecular weight excluding hydrogens is 310 g/mol. The largest absolute Gasteiger partial charge is 0.493 e. The molecule has 1 N–H and O–H groups in total. The van der Waals surface area contributed by atoms with Crippen molar-refractivity contribution in [3.63, 3.8) is 0 Å². The van der Waals surface area contributed by atoms with Gasteiger partial charge in [-0.2, -0.15) is 0 Å². The third kappa shape index (κ3) is 1.92. The first-order valence-corrected chi connectivity index (χ1v) is 7.87. The molecule has 0 radical (unpaired) electrons. The van der Waals surface area contributed by atoms with E-state index in [9.17, 15) is 14.4 Å². The van der Waals surface area contributed by atoms with Crippen LogP contribution < -0.4 is 5.32 Å². The molecular formula is C18H17NO5. The Labute approximate surface area is 138 Å². The molecule has 0 spiro atoms. The van der Waals surface area contributed by atoms with Gasteiger partial charge >= 0.3 is 5.97 Å². The predicted molar refractivity (Wildman–Crippen MR) is 82.2 cm³/mol. The maximum absolute atomic E-state index is 12.1. The van der Waals surface area contributed by atoms with Crippen molar-refractivity contribution in [1.29, 1.82) is 0 Å². The van der Waals surface area contributed by atoms with Gasteiger partial charge in [0.25, 0.3) is 0 Å². The summed E-state index contributed by atoms with van der Waals surface area (Å²) in [4.78, 5) is 36.0. The molecule has 1 saturated heterocycles. The van der Waals surface area contributed by atoms with Crippen molar-refractivity contribution in [3.8, 4) is 0 Å². The van der Waals surface area contributed by atoms with E-state index in [1.165, 1.54) is 6.08 Å². The van der Waals surface area contributed by atoms with Crippen molar-refractivity contribution >= 4 is 17.8 Å². The SMILES string of the molecule is Cc1ccc(COC2=CC(=O)O[C@H]3[C@@H]2[C@H]2C(=O)NC(=O)[C@]23C)cc1. The lowest BCUT2D eigenvalue weighted by Crippen LogP contribution is -2.64. The fourth-order valence-corrected chi connectivity index (χ4v) is 3.88. The van der Waals surface area contributed by atoms with Crippen LogP contribution in [-0.2, 0) is 30.5 Å². The van der Waals surface area contributed by atoms with Crippen LogP contribution in [0, 0.1) is 24.2 Å². The highest BCUT2D eigenvalue weighted by molar-refractivity contribution is 6.10. The van der Waals surface area contributed by atoms with Crippen molar-refractivity contribution in [2.75, 3.05) is 0 Å². The molecule has 2 amide bonds. The van der Waals surface area contributed by atoms with Gasteiger partial charge in [-0.3, -0.25) is 14.9 Å². The number of esters is 1. The minimum absolute atomic E-state index is 0.293. The van der Waals surface area contributed by atoms with Crippen LogP contribution in [0.3, 0.4) is 0 Å². The van der Waals surface area contributed by atoms with E-state index < -0.39 is 29.3 Å². The van der Waals surface area contributed by atoms with Crippen LogP contribution in [0.2, 0.25) is 0 Å². The van der Waals surface area contributed by atoms with Gasteiger partial charge in [-0.1, -0.05) is 29.8 Å². The first-order chi connectivity index (χ1) is 11.4. The number of nitrogens with one attached hydrogen (secondary N) is 1. The highest BCUT2D eigenvalue weighted by atomic mass is 16.6. The topological polar surface area (TPSA) is 81.7 Å². The molecule has 4 atom stereocenters. The lowest BCUT2D eigenvalue weighted by molar-refractivity contribution is -0.199. The monoisotopic (exact) mass is 327 g/mol. The second-order valence-corrected chi connectivity index (χ2v) is 6.78. The molecule has 6 heteroatoms. The number of carbonyl (C=O) groups excluding carboxylic acids is 3. The van der Waals surface area contributed by atoms with E-state index >= 15 is 0 Å². The number of imide groups is 1. The first kappa shape index (κ1) is 14.9. The van der Waals surface area contributed by atoms with E-state index in [0.717, 1.165) is 11.1 Å². The van der Waals surface area contributed by atoms with Gasteiger partial charge in [0.1, 0.15) is 18.5 Å². The van der Waals surface area contributed by atoms with Gasteiger partial charge in [0.05, 0.1) is 23.3 Å². The average Bonchev–Trinajstić information content (AvgIpc) is 2.73. The Morgan fingerprint density at radius 2 is 1.92 bits per heavy atom. The Morgan fingerprint density at radius 3 is 2.62 bits per heavy atom. The number of ether oxygens (including phenoxy) is 2. The number of rotatable bonds is 3. The third-order valence-corrected chi connectivity index (χ3v) is 5.29. The van der Waals surface area contributed by atoms with Crippen molar-refractivity contribution < 1.29 is 23.9 Å². The summed E-state index contributed by atoms with van der Waals surface area (Å²) in [6, 6.07) is 7.86. The van der Waals surface area contributed by atoms with Crippen molar-refractivity contribution in [3.05, 3.63) is 47.2 Å². The summed E-state index contributed by atoms with van der Waals surface area (Å²) in [6.45, 7) is 3.96. The maximum atomic E-state index is 12.1. The van der Waals surface area contributed by atoms with E-state index in [1.54, 1.807) is 6.92 Å². The van der Waals surface area contributed by atoms with Gasteiger partial charge in [0.15, 0.2) is 0 Å². The Bertz CT molecular complexity index is 781. The van der Waals surface area contributed by atoms with E-state index in [4.69, 9.17) is 9.47 Å². The van der Waals surface area contributed by atoms with Crippen LogP contribution in [0.5, 0.6) is 0 Å². The molecule has 2 aliphatic heterocycles. The second kappa shape index (κ2) is 4.93. The zero-order chi connectivity index (χ0) is 17.1. The fourth-order valence-electron chi connectivity index (χ4n) is 3.88. The molecule has 1 aromatic carbocycles. The molecule has 4 rings (SSSR count). The quantitative estimate of drug-likeness (QED) is 0.667. The first-order valence-electron chi connectivity index (χ1n) is 7.87. The number of amides is 2. The molecule has 3 aliphatic rings. The smallest absolute Gasteiger partial charge is 0.334 e. The minimum atomic E-state index is -0.996. The predicted octanol–water partition coefficient (Wildman–Crippen LogP) is 1.23. The van der Waals surface area contributed by atoms with Crippen molar-refractivity contribution in [1.82, 2.24) is 5.32 Å². The molecule has 1 saturated carbocycles. The van der Waals surface area contributed by atoms with Gasteiger partial charge in [-0.05, 0) is 19.4 Å². The van der Waals surface area contributed by atoms with Crippen LogP contribution in [0.4, 0.5) is 0 Å². The van der Waals surface area contributed by atoms with Gasteiger partial charge in [-0.15, -0.1) is 0 Å². The molecule has 0 bridgehead atoms. The van der Waals surface area contributed by atoms with Crippen LogP contribution in [-0.4, -0.2) is 23.9 Å². The molecule has 6 nitrogen and oxygen atoms in total. The van der Waals surface area contributed by atoms with E-state index in [-0.39, 0.29) is 11.8 Å². The third-order valence-electron chi connectivity index (χ3n) is 5.29. The summed E-state index contributed by atoms with van der Waals surface area (Å²) < 4.78 is 11.1. The summed E-state index contributed by atoms with van der Waals surface area (Å²) in [6.07, 6.45) is 0.629. The molecule has 1 aromatic rings. The van der Waals surface area contributed by atoms with Crippen LogP contribution >= 0.6 is 0 Å². The highest BCUT2D eigenvalue weighted by Gasteiger charge is 2.74. The zero-order valence-corrected chi connectivity index (χ0v) is 13.4. The highest BCUT2D eigenvalue weighted by Crippen LogP contribution is 2.59. The summed E-state index contributed by atoms with van der Waals surface area (Å²) in [5.74, 6) is -1.78. The van der Waals surface area contributed by atoms with E-state index in [2.05, 4.69) is 5.32 Å². The number of benzene rings is 1. The van der Waals surface area contributed by atoms with Gasteiger partial charge in [0, 0.05) is 0 Å². The Morgan fingerprint density at radius 1 is 1.21 bits per heavy atom. The molecule has 24 heavy (non-hydrogen) atoms. The molecule has 1 aliphatic carbocycles. The summed E-state index contributed by atoms with van der Waals surface area (Å²) >= 11 is 0. The number of hydrogen-bond acceptors (Lipinski definition) is 5. The zero-order valence-electron chi connectivity index (χ0n) is 13.4. The van der Waals surface area contributed by atoms with Crippen LogP contribution in [0.15, 0.2) is 36.1 Å². The molecule has 2 heterocycles. The lowest BCUT2D eigenvalue weighted by atomic mass is 9.52. The maximum Gasteiger partial charge on any atom is 0.334 e. The number of hydrogen-bond donors (Lipinski definition) is 1. The Hall–Kier alpha value is -2.63.